The highest BCUT2D eigenvalue weighted by atomic mass is 16.3. The smallest absolute Gasteiger partial charge is 0.129 e. The first-order chi connectivity index (χ1) is 7.54. The third-order valence-electron chi connectivity index (χ3n) is 2.36. The average Bonchev–Trinajstić information content (AvgIpc) is 2.18. The highest BCUT2D eigenvalue weighted by Crippen LogP contribution is 2.01. The number of aliphatic hydroxyl groups is 1. The van der Waals surface area contributed by atoms with Crippen LogP contribution in [0.1, 0.15) is 79.1 Å². The number of ketones is 1. The third kappa shape index (κ3) is 23.4. The molecular weight excluding hydrogens is 200 g/mol. The van der Waals surface area contributed by atoms with Crippen LogP contribution in [0.5, 0.6) is 0 Å². The molecule has 0 radical (unpaired) electrons. The van der Waals surface area contributed by atoms with Crippen LogP contribution in [-0.2, 0) is 4.79 Å². The number of carbonyl (C=O) groups excluding carboxylic acids is 1. The van der Waals surface area contributed by atoms with Gasteiger partial charge in [0, 0.05) is 6.42 Å². The minimum absolute atomic E-state index is 0.0958. The highest BCUT2D eigenvalue weighted by Gasteiger charge is 1.92. The van der Waals surface area contributed by atoms with E-state index in [4.69, 9.17) is 5.11 Å². The van der Waals surface area contributed by atoms with E-state index < -0.39 is 0 Å². The Labute approximate surface area is 101 Å². The number of Topliss-reactive ketones (excluding diaryl/α,β-unsaturated/α-hetero) is 1. The van der Waals surface area contributed by atoms with Gasteiger partial charge in [-0.2, -0.15) is 0 Å². The second kappa shape index (κ2) is 14.6. The summed E-state index contributed by atoms with van der Waals surface area (Å²) in [7, 11) is 0. The fourth-order valence-corrected chi connectivity index (χ4v) is 1.31. The summed E-state index contributed by atoms with van der Waals surface area (Å²) in [5.41, 5.74) is 0. The molecule has 1 N–H and O–H groups in total. The van der Waals surface area contributed by atoms with Crippen molar-refractivity contribution < 1.29 is 9.90 Å². The summed E-state index contributed by atoms with van der Waals surface area (Å²) in [6.45, 7) is 7.80. The van der Waals surface area contributed by atoms with Gasteiger partial charge < -0.3 is 9.90 Å². The number of hydrogen-bond acceptors (Lipinski definition) is 2. The summed E-state index contributed by atoms with van der Waals surface area (Å²) in [6, 6.07) is 0. The fraction of sp³-hybridized carbons (Fsp3) is 0.929. The number of hydrogen-bond donors (Lipinski definition) is 1. The molecule has 0 heterocycles. The number of unbranched alkanes of at least 4 members (excludes halogenated alkanes) is 4. The Morgan fingerprint density at radius 1 is 1.06 bits per heavy atom. The molecule has 2 heteroatoms. The van der Waals surface area contributed by atoms with Gasteiger partial charge in [-0.1, -0.05) is 46.0 Å². The Bertz CT molecular complexity index is 142. The molecule has 16 heavy (non-hydrogen) atoms. The van der Waals surface area contributed by atoms with Gasteiger partial charge in [-0.25, -0.2) is 0 Å². The average molecular weight is 230 g/mol. The van der Waals surface area contributed by atoms with E-state index in [1.165, 1.54) is 32.1 Å². The molecule has 0 aromatic rings. The van der Waals surface area contributed by atoms with Gasteiger partial charge in [0.25, 0.3) is 0 Å². The van der Waals surface area contributed by atoms with E-state index in [2.05, 4.69) is 13.8 Å². The van der Waals surface area contributed by atoms with Crippen LogP contribution < -0.4 is 0 Å². The Morgan fingerprint density at radius 3 is 1.94 bits per heavy atom. The monoisotopic (exact) mass is 230 g/mol. The Kier molecular flexibility index (Phi) is 16.5. The Morgan fingerprint density at radius 2 is 1.56 bits per heavy atom. The lowest BCUT2D eigenvalue weighted by molar-refractivity contribution is -0.117. The molecule has 0 spiro atoms. The molecule has 0 amide bonds. The maximum atomic E-state index is 10.3. The molecule has 1 unspecified atom stereocenters. The SMILES string of the molecule is CCCCCC(C)=O.CCCCCC(C)O. The lowest BCUT2D eigenvalue weighted by atomic mass is 10.1. The summed E-state index contributed by atoms with van der Waals surface area (Å²) >= 11 is 0. The molecule has 0 aliphatic carbocycles. The van der Waals surface area contributed by atoms with Crippen LogP contribution in [0.2, 0.25) is 0 Å². The topological polar surface area (TPSA) is 37.3 Å². The van der Waals surface area contributed by atoms with Crippen molar-refractivity contribution in [3.8, 4) is 0 Å². The van der Waals surface area contributed by atoms with Gasteiger partial charge in [-0.05, 0) is 26.7 Å². The molecule has 0 aromatic heterocycles. The first-order valence-corrected chi connectivity index (χ1v) is 6.72. The maximum absolute atomic E-state index is 10.3. The lowest BCUT2D eigenvalue weighted by Crippen LogP contribution is -1.97. The summed E-state index contributed by atoms with van der Waals surface area (Å²) in [5.74, 6) is 0.318. The molecular formula is C14H30O2. The van der Waals surface area contributed by atoms with E-state index in [1.54, 1.807) is 6.92 Å². The van der Waals surface area contributed by atoms with Crippen LogP contribution in [-0.4, -0.2) is 17.0 Å². The minimum Gasteiger partial charge on any atom is -0.393 e. The molecule has 0 rings (SSSR count). The Balaban J connectivity index is 0. The zero-order chi connectivity index (χ0) is 12.8. The van der Waals surface area contributed by atoms with Crippen LogP contribution in [0.3, 0.4) is 0 Å². The zero-order valence-electron chi connectivity index (χ0n) is 11.6. The molecule has 1 atom stereocenters. The van der Waals surface area contributed by atoms with E-state index in [9.17, 15) is 4.79 Å². The van der Waals surface area contributed by atoms with Gasteiger partial charge in [0.05, 0.1) is 6.10 Å². The normalized spacial score (nSPS) is 11.6. The van der Waals surface area contributed by atoms with Crippen LogP contribution in [0.4, 0.5) is 0 Å². The van der Waals surface area contributed by atoms with E-state index >= 15 is 0 Å². The number of rotatable bonds is 8. The van der Waals surface area contributed by atoms with Crippen molar-refractivity contribution >= 4 is 5.78 Å². The summed E-state index contributed by atoms with van der Waals surface area (Å²) in [5, 5.41) is 8.78. The van der Waals surface area contributed by atoms with Gasteiger partial charge in [0.1, 0.15) is 5.78 Å². The molecule has 0 fully saturated rings. The standard InChI is InChI=1S/C7H16O.C7H14O/c2*1-3-4-5-6-7(2)8/h7-8H,3-6H2,1-2H3;3-6H2,1-2H3. The number of aliphatic hydroxyl groups excluding tert-OH is 1. The van der Waals surface area contributed by atoms with Crippen LogP contribution in [0.25, 0.3) is 0 Å². The van der Waals surface area contributed by atoms with Crippen LogP contribution >= 0.6 is 0 Å². The molecule has 0 bridgehead atoms. The van der Waals surface area contributed by atoms with Gasteiger partial charge in [0.2, 0.25) is 0 Å². The van der Waals surface area contributed by atoms with E-state index in [-0.39, 0.29) is 6.10 Å². The van der Waals surface area contributed by atoms with Crippen molar-refractivity contribution in [1.82, 2.24) is 0 Å². The van der Waals surface area contributed by atoms with Gasteiger partial charge in [-0.3, -0.25) is 0 Å². The first kappa shape index (κ1) is 18.0. The van der Waals surface area contributed by atoms with Gasteiger partial charge in [-0.15, -0.1) is 0 Å². The Hall–Kier alpha value is -0.370. The summed E-state index contributed by atoms with van der Waals surface area (Å²) in [6.07, 6.45) is 8.79. The zero-order valence-corrected chi connectivity index (χ0v) is 11.6. The second-order valence-electron chi connectivity index (χ2n) is 4.50. The minimum atomic E-state index is -0.0958. The fourth-order valence-electron chi connectivity index (χ4n) is 1.31. The van der Waals surface area contributed by atoms with Crippen molar-refractivity contribution in [1.29, 1.82) is 0 Å². The molecule has 0 aromatic carbocycles. The van der Waals surface area contributed by atoms with E-state index in [1.807, 2.05) is 6.92 Å². The second-order valence-corrected chi connectivity index (χ2v) is 4.50. The third-order valence-corrected chi connectivity index (χ3v) is 2.36. The number of carbonyl (C=O) groups is 1. The molecule has 98 valence electrons. The van der Waals surface area contributed by atoms with Crippen molar-refractivity contribution in [2.45, 2.75) is 85.2 Å². The molecule has 0 aliphatic heterocycles. The van der Waals surface area contributed by atoms with Crippen molar-refractivity contribution in [3.63, 3.8) is 0 Å². The molecule has 0 saturated heterocycles. The highest BCUT2D eigenvalue weighted by molar-refractivity contribution is 5.75. The summed E-state index contributed by atoms with van der Waals surface area (Å²) in [4.78, 5) is 10.3. The van der Waals surface area contributed by atoms with Gasteiger partial charge >= 0.3 is 0 Å². The first-order valence-electron chi connectivity index (χ1n) is 6.72. The van der Waals surface area contributed by atoms with Crippen LogP contribution in [0, 0.1) is 0 Å². The molecule has 2 nitrogen and oxygen atoms in total. The van der Waals surface area contributed by atoms with Crippen molar-refractivity contribution in [2.24, 2.45) is 0 Å². The van der Waals surface area contributed by atoms with Crippen LogP contribution in [0.15, 0.2) is 0 Å². The van der Waals surface area contributed by atoms with E-state index in [0.717, 1.165) is 19.3 Å². The molecule has 0 saturated carbocycles. The van der Waals surface area contributed by atoms with Gasteiger partial charge in [0.15, 0.2) is 0 Å². The summed E-state index contributed by atoms with van der Waals surface area (Å²) < 4.78 is 0. The quantitative estimate of drug-likeness (QED) is 0.637. The predicted molar refractivity (Wildman–Crippen MR) is 70.6 cm³/mol. The lowest BCUT2D eigenvalue weighted by Gasteiger charge is -2.00. The largest absolute Gasteiger partial charge is 0.393 e. The van der Waals surface area contributed by atoms with Crippen molar-refractivity contribution in [3.05, 3.63) is 0 Å². The van der Waals surface area contributed by atoms with Crippen molar-refractivity contribution in [2.75, 3.05) is 0 Å². The van der Waals surface area contributed by atoms with E-state index in [0.29, 0.717) is 5.78 Å². The molecule has 0 aliphatic rings. The predicted octanol–water partition coefficient (Wildman–Crippen LogP) is 4.10. The maximum Gasteiger partial charge on any atom is 0.129 e.